The van der Waals surface area contributed by atoms with Crippen LogP contribution in [-0.2, 0) is 0 Å². The Morgan fingerprint density at radius 1 is 1.15 bits per heavy atom. The number of alkyl halides is 3. The summed E-state index contributed by atoms with van der Waals surface area (Å²) in [5, 5.41) is 14.2. The lowest BCUT2D eigenvalue weighted by Crippen LogP contribution is -2.69. The first-order chi connectivity index (χ1) is 18.8. The Bertz CT molecular complexity index is 1670. The number of amides is 1. The fraction of sp³-hybridized carbons (Fsp3) is 0.400. The van der Waals surface area contributed by atoms with Crippen molar-refractivity contribution in [3.8, 4) is 0 Å². The molecule has 2 saturated heterocycles. The van der Waals surface area contributed by atoms with Crippen LogP contribution < -0.4 is 10.6 Å². The lowest BCUT2D eigenvalue weighted by molar-refractivity contribution is -0.267. The molecule has 1 atom stereocenters. The number of aliphatic hydroxyl groups is 1. The number of likely N-dealkylation sites (tertiary alicyclic amines) is 1. The second-order valence-corrected chi connectivity index (χ2v) is 10.2. The van der Waals surface area contributed by atoms with Crippen molar-refractivity contribution in [2.24, 2.45) is 0 Å². The number of carbonyl (C=O) groups excluding carboxylic acids is 1. The third kappa shape index (κ3) is 4.15. The summed E-state index contributed by atoms with van der Waals surface area (Å²) in [6.45, 7) is 1.04. The average Bonchev–Trinajstić information content (AvgIpc) is 3.33. The zero-order valence-electron chi connectivity index (χ0n) is 21.1. The quantitative estimate of drug-likeness (QED) is 0.365. The summed E-state index contributed by atoms with van der Waals surface area (Å²) in [7, 11) is 0. The summed E-state index contributed by atoms with van der Waals surface area (Å²) in [6.07, 6.45) is -3.45. The smallest absolute Gasteiger partial charge is 0.378 e. The molecular weight excluding hydrogens is 539 g/mol. The van der Waals surface area contributed by atoms with Crippen molar-refractivity contribution in [3.05, 3.63) is 53.0 Å². The lowest BCUT2D eigenvalue weighted by Gasteiger charge is -2.47. The van der Waals surface area contributed by atoms with E-state index >= 15 is 0 Å². The van der Waals surface area contributed by atoms with Crippen LogP contribution >= 0.6 is 0 Å². The molecule has 15 heteroatoms. The molecule has 10 nitrogen and oxygen atoms in total. The Morgan fingerprint density at radius 3 is 2.60 bits per heavy atom. The molecule has 2 fully saturated rings. The zero-order valence-corrected chi connectivity index (χ0v) is 21.1. The average molecular weight is 563 g/mol. The molecule has 3 N–H and O–H groups in total. The number of halogens is 5. The van der Waals surface area contributed by atoms with Crippen molar-refractivity contribution in [3.63, 3.8) is 0 Å². The summed E-state index contributed by atoms with van der Waals surface area (Å²) in [5.41, 5.74) is 3.85. The molecule has 4 aromatic rings. The normalized spacial score (nSPS) is 19.3. The van der Waals surface area contributed by atoms with E-state index in [9.17, 15) is 31.9 Å². The molecule has 6 rings (SSSR count). The number of nitrogens with two attached hydrogens (primary N) is 1. The number of β-amino-alcohol motifs (C(OH)–C–C–N with tert-alkyl or cyclic N) is 1. The van der Waals surface area contributed by atoms with Gasteiger partial charge in [-0.05, 0) is 38.0 Å². The second kappa shape index (κ2) is 8.94. The highest BCUT2D eigenvalue weighted by atomic mass is 19.4. The molecule has 2 aliphatic heterocycles. The van der Waals surface area contributed by atoms with Crippen LogP contribution in [0.2, 0.25) is 0 Å². The van der Waals surface area contributed by atoms with Gasteiger partial charge in [-0.3, -0.25) is 4.79 Å². The third-order valence-corrected chi connectivity index (χ3v) is 7.47. The predicted molar refractivity (Wildman–Crippen MR) is 133 cm³/mol. The Hall–Kier alpha value is -4.14. The third-order valence-electron chi connectivity index (χ3n) is 7.47. The highest BCUT2D eigenvalue weighted by Gasteiger charge is 2.61. The maximum atomic E-state index is 14.3. The minimum Gasteiger partial charge on any atom is -0.378 e. The van der Waals surface area contributed by atoms with Crippen LogP contribution in [-0.4, -0.2) is 78.4 Å². The topological polar surface area (TPSA) is 126 Å². The predicted octanol–water partition coefficient (Wildman–Crippen LogP) is 2.97. The van der Waals surface area contributed by atoms with Gasteiger partial charge in [0.25, 0.3) is 5.91 Å². The second-order valence-electron chi connectivity index (χ2n) is 10.2. The van der Waals surface area contributed by atoms with E-state index in [0.29, 0.717) is 42.5 Å². The van der Waals surface area contributed by atoms with Crippen molar-refractivity contribution in [1.82, 2.24) is 29.5 Å². The van der Waals surface area contributed by atoms with Crippen molar-refractivity contribution < 1.29 is 31.9 Å². The van der Waals surface area contributed by atoms with E-state index in [0.717, 1.165) is 6.07 Å². The van der Waals surface area contributed by atoms with Crippen LogP contribution in [0.25, 0.3) is 16.6 Å². The first-order valence-electron chi connectivity index (χ1n) is 12.5. The van der Waals surface area contributed by atoms with Crippen LogP contribution in [0.1, 0.15) is 40.6 Å². The number of aromatic nitrogens is 5. The number of rotatable bonds is 3. The molecule has 40 heavy (non-hydrogen) atoms. The number of hydrogen-bond donors (Lipinski definition) is 2. The molecule has 0 radical (unpaired) electrons. The number of fused-ring (bicyclic) bond motifs is 3. The molecule has 210 valence electrons. The van der Waals surface area contributed by atoms with Gasteiger partial charge in [0.05, 0.1) is 29.7 Å². The van der Waals surface area contributed by atoms with E-state index in [1.807, 2.05) is 0 Å². The Labute approximate surface area is 223 Å². The minimum atomic E-state index is -4.74. The van der Waals surface area contributed by atoms with Gasteiger partial charge in [-0.25, -0.2) is 23.7 Å². The number of benzene rings is 1. The van der Waals surface area contributed by atoms with Gasteiger partial charge < -0.3 is 20.6 Å². The highest BCUT2D eigenvalue weighted by Crippen LogP contribution is 2.39. The maximum Gasteiger partial charge on any atom is 0.420 e. The summed E-state index contributed by atoms with van der Waals surface area (Å²) < 4.78 is 68.4. The monoisotopic (exact) mass is 562 g/mol. The van der Waals surface area contributed by atoms with E-state index in [2.05, 4.69) is 20.1 Å². The van der Waals surface area contributed by atoms with Gasteiger partial charge in [0.1, 0.15) is 17.2 Å². The zero-order chi connectivity index (χ0) is 28.6. The summed E-state index contributed by atoms with van der Waals surface area (Å²) >= 11 is 0. The molecule has 0 unspecified atom stereocenters. The van der Waals surface area contributed by atoms with Crippen LogP contribution in [0.4, 0.5) is 33.7 Å². The largest absolute Gasteiger partial charge is 0.420 e. The van der Waals surface area contributed by atoms with Crippen molar-refractivity contribution in [2.75, 3.05) is 36.8 Å². The molecular formula is C25H23F5N8O2. The molecule has 5 heterocycles. The number of piperidine rings is 1. The fourth-order valence-electron chi connectivity index (χ4n) is 5.27. The fourth-order valence-corrected chi connectivity index (χ4v) is 5.27. The summed E-state index contributed by atoms with van der Waals surface area (Å²) in [5.74, 6) is -1.80. The molecule has 2 aliphatic rings. The first-order valence-corrected chi connectivity index (χ1v) is 12.5. The number of carbonyl (C=O) groups is 1. The van der Waals surface area contributed by atoms with E-state index in [1.165, 1.54) is 21.5 Å². The number of pyridine rings is 1. The van der Waals surface area contributed by atoms with Gasteiger partial charge in [-0.2, -0.15) is 17.7 Å². The van der Waals surface area contributed by atoms with Crippen molar-refractivity contribution in [1.29, 1.82) is 0 Å². The van der Waals surface area contributed by atoms with Gasteiger partial charge >= 0.3 is 6.18 Å². The Balaban J connectivity index is 1.22. The van der Waals surface area contributed by atoms with Crippen LogP contribution in [0, 0.1) is 18.6 Å². The van der Waals surface area contributed by atoms with Gasteiger partial charge in [-0.15, -0.1) is 5.10 Å². The minimum absolute atomic E-state index is 0.117. The van der Waals surface area contributed by atoms with E-state index in [1.54, 1.807) is 11.8 Å². The molecule has 1 aromatic carbocycles. The van der Waals surface area contributed by atoms with Gasteiger partial charge in [0.15, 0.2) is 22.9 Å². The van der Waals surface area contributed by atoms with Crippen LogP contribution in [0.15, 0.2) is 24.3 Å². The standard InChI is InChI=1S/C25H23F5N8O2/c1-12-15(4-5-18(32-12)37-10-24(40,11-37)25(28,29)30)22(39)36-6-2-3-13(9-36)20-34-21-16-7-14(26)8-17(27)19(16)33-23(31)38(21)35-20/h4-5,7-8,13,40H,2-3,6,9-11H2,1H3,(H2,31,33)/t13-/m1/s1. The number of nitrogen functional groups attached to an aromatic ring is 1. The molecule has 0 bridgehead atoms. The van der Waals surface area contributed by atoms with Crippen LogP contribution in [0.3, 0.4) is 0 Å². The lowest BCUT2D eigenvalue weighted by atomic mass is 9.93. The number of anilines is 2. The SMILES string of the molecule is Cc1nc(N2CC(O)(C(F)(F)F)C2)ccc1C(=O)N1CCC[C@@H](c2nc3c4cc(F)cc(F)c4nc(N)n3n2)C1. The molecule has 1 amide bonds. The highest BCUT2D eigenvalue weighted by molar-refractivity contribution is 5.95. The van der Waals surface area contributed by atoms with Gasteiger partial charge in [0, 0.05) is 25.1 Å². The first kappa shape index (κ1) is 26.1. The molecule has 3 aromatic heterocycles. The maximum absolute atomic E-state index is 14.3. The van der Waals surface area contributed by atoms with E-state index in [-0.39, 0.29) is 46.7 Å². The summed E-state index contributed by atoms with van der Waals surface area (Å²) in [6, 6.07) is 4.79. The van der Waals surface area contributed by atoms with Crippen molar-refractivity contribution >= 4 is 34.2 Å². The van der Waals surface area contributed by atoms with Crippen LogP contribution in [0.5, 0.6) is 0 Å². The van der Waals surface area contributed by atoms with Crippen molar-refractivity contribution in [2.45, 2.75) is 37.5 Å². The van der Waals surface area contributed by atoms with E-state index < -0.39 is 36.5 Å². The molecule has 0 aliphatic carbocycles. The molecule has 0 spiro atoms. The summed E-state index contributed by atoms with van der Waals surface area (Å²) in [4.78, 5) is 29.1. The molecule has 0 saturated carbocycles. The number of nitrogens with zero attached hydrogens (tertiary/aromatic N) is 7. The van der Waals surface area contributed by atoms with Gasteiger partial charge in [0.2, 0.25) is 5.95 Å². The number of hydrogen-bond acceptors (Lipinski definition) is 8. The Morgan fingerprint density at radius 2 is 1.90 bits per heavy atom. The Kier molecular flexibility index (Phi) is 5.83. The number of aryl methyl sites for hydroxylation is 1. The van der Waals surface area contributed by atoms with Gasteiger partial charge in [-0.1, -0.05) is 0 Å². The van der Waals surface area contributed by atoms with E-state index in [4.69, 9.17) is 5.73 Å².